The molecule has 0 spiro atoms. The summed E-state index contributed by atoms with van der Waals surface area (Å²) < 4.78 is 32.3. The summed E-state index contributed by atoms with van der Waals surface area (Å²) in [5, 5.41) is 0. The Labute approximate surface area is 171 Å². The Morgan fingerprint density at radius 3 is 2.07 bits per heavy atom. The summed E-state index contributed by atoms with van der Waals surface area (Å²) >= 11 is 0. The third-order valence-corrected chi connectivity index (χ3v) is 7.09. The van der Waals surface area contributed by atoms with Gasteiger partial charge in [0, 0.05) is 25.1 Å². The quantitative estimate of drug-likeness (QED) is 0.406. The average molecular weight is 416 g/mol. The second-order valence-corrected chi connectivity index (χ2v) is 9.24. The Kier molecular flexibility index (Phi) is 6.49. The number of carbonyl (C=O) groups is 2. The number of rotatable bonds is 6. The Hall–Kier alpha value is -2.51. The van der Waals surface area contributed by atoms with Gasteiger partial charge in [0.05, 0.1) is 10.5 Å². The fourth-order valence-electron chi connectivity index (χ4n) is 3.22. The third kappa shape index (κ3) is 4.92. The standard InChI is InChI=1S/C22H25NO5S/c1-3-21(24)17-4-8-19(9-5-17)28-22(25)18-6-10-20(11-7-18)29(26,27)23-14-12-16(2)13-15-23/h4-11,16H,3,12-15H2,1-2H3. The zero-order valence-electron chi connectivity index (χ0n) is 16.6. The molecule has 0 radical (unpaired) electrons. The van der Waals surface area contributed by atoms with Crippen molar-refractivity contribution in [1.29, 1.82) is 0 Å². The first-order valence-electron chi connectivity index (χ1n) is 9.77. The van der Waals surface area contributed by atoms with E-state index in [1.807, 2.05) is 0 Å². The number of ether oxygens (including phenoxy) is 1. The van der Waals surface area contributed by atoms with Gasteiger partial charge in [-0.25, -0.2) is 13.2 Å². The molecule has 2 aromatic rings. The molecule has 0 amide bonds. The van der Waals surface area contributed by atoms with Crippen molar-refractivity contribution in [3.05, 3.63) is 59.7 Å². The lowest BCUT2D eigenvalue weighted by molar-refractivity contribution is 0.0734. The molecule has 1 heterocycles. The second kappa shape index (κ2) is 8.88. The highest BCUT2D eigenvalue weighted by Crippen LogP contribution is 2.24. The molecule has 1 saturated heterocycles. The fraction of sp³-hybridized carbons (Fsp3) is 0.364. The molecule has 0 atom stereocenters. The Bertz CT molecular complexity index is 973. The summed E-state index contributed by atoms with van der Waals surface area (Å²) in [7, 11) is -3.55. The van der Waals surface area contributed by atoms with Gasteiger partial charge < -0.3 is 4.74 Å². The lowest BCUT2D eigenvalue weighted by Gasteiger charge is -2.29. The molecule has 3 rings (SSSR count). The summed E-state index contributed by atoms with van der Waals surface area (Å²) in [6.07, 6.45) is 2.11. The van der Waals surface area contributed by atoms with Crippen LogP contribution in [0, 0.1) is 5.92 Å². The highest BCUT2D eigenvalue weighted by Gasteiger charge is 2.28. The van der Waals surface area contributed by atoms with E-state index in [4.69, 9.17) is 4.74 Å². The van der Waals surface area contributed by atoms with Crippen LogP contribution in [0.4, 0.5) is 0 Å². The molecule has 0 aromatic heterocycles. The van der Waals surface area contributed by atoms with Crippen LogP contribution in [0.25, 0.3) is 0 Å². The van der Waals surface area contributed by atoms with E-state index < -0.39 is 16.0 Å². The minimum Gasteiger partial charge on any atom is -0.423 e. The van der Waals surface area contributed by atoms with Crippen LogP contribution in [0.2, 0.25) is 0 Å². The predicted octanol–water partition coefficient (Wildman–Crippen LogP) is 3.92. The van der Waals surface area contributed by atoms with Gasteiger partial charge in [0.25, 0.3) is 0 Å². The van der Waals surface area contributed by atoms with Gasteiger partial charge in [-0.05, 0) is 67.3 Å². The minimum atomic E-state index is -3.55. The maximum absolute atomic E-state index is 12.8. The third-order valence-electron chi connectivity index (χ3n) is 5.18. The van der Waals surface area contributed by atoms with E-state index in [9.17, 15) is 18.0 Å². The van der Waals surface area contributed by atoms with Crippen LogP contribution in [0.1, 0.15) is 53.8 Å². The zero-order valence-corrected chi connectivity index (χ0v) is 17.4. The van der Waals surface area contributed by atoms with Crippen molar-refractivity contribution in [1.82, 2.24) is 4.31 Å². The van der Waals surface area contributed by atoms with Crippen molar-refractivity contribution in [2.75, 3.05) is 13.1 Å². The Morgan fingerprint density at radius 1 is 0.966 bits per heavy atom. The number of benzene rings is 2. The number of hydrogen-bond donors (Lipinski definition) is 0. The monoisotopic (exact) mass is 415 g/mol. The molecule has 1 fully saturated rings. The van der Waals surface area contributed by atoms with Crippen molar-refractivity contribution in [2.45, 2.75) is 38.0 Å². The Morgan fingerprint density at radius 2 is 1.52 bits per heavy atom. The van der Waals surface area contributed by atoms with Gasteiger partial charge in [0.2, 0.25) is 10.0 Å². The summed E-state index contributed by atoms with van der Waals surface area (Å²) in [5.74, 6) is 0.285. The first kappa shape index (κ1) is 21.2. The van der Waals surface area contributed by atoms with Crippen LogP contribution in [-0.4, -0.2) is 37.6 Å². The van der Waals surface area contributed by atoms with Crippen LogP contribution in [-0.2, 0) is 10.0 Å². The number of hydrogen-bond acceptors (Lipinski definition) is 5. The molecule has 1 aliphatic rings. The molecule has 0 saturated carbocycles. The lowest BCUT2D eigenvalue weighted by atomic mass is 10.0. The number of esters is 1. The molecule has 2 aromatic carbocycles. The highest BCUT2D eigenvalue weighted by molar-refractivity contribution is 7.89. The first-order chi connectivity index (χ1) is 13.8. The zero-order chi connectivity index (χ0) is 21.0. The molecule has 6 nitrogen and oxygen atoms in total. The van der Waals surface area contributed by atoms with E-state index in [0.29, 0.717) is 36.7 Å². The van der Waals surface area contributed by atoms with E-state index in [0.717, 1.165) is 12.8 Å². The number of ketones is 1. The molecule has 154 valence electrons. The molecule has 1 aliphatic heterocycles. The summed E-state index contributed by atoms with van der Waals surface area (Å²) in [5.41, 5.74) is 0.818. The predicted molar refractivity (Wildman–Crippen MR) is 110 cm³/mol. The van der Waals surface area contributed by atoms with E-state index in [1.54, 1.807) is 31.2 Å². The number of piperidine rings is 1. The summed E-state index contributed by atoms with van der Waals surface area (Å²) in [6.45, 7) is 4.94. The van der Waals surface area contributed by atoms with Gasteiger partial charge in [-0.3, -0.25) is 4.79 Å². The van der Waals surface area contributed by atoms with Crippen molar-refractivity contribution in [3.63, 3.8) is 0 Å². The molecule has 0 aliphatic carbocycles. The second-order valence-electron chi connectivity index (χ2n) is 7.30. The summed E-state index contributed by atoms with van der Waals surface area (Å²) in [4.78, 5) is 24.2. The smallest absolute Gasteiger partial charge is 0.343 e. The maximum atomic E-state index is 12.8. The molecule has 0 unspecified atom stereocenters. The SMILES string of the molecule is CCC(=O)c1ccc(OC(=O)c2ccc(S(=O)(=O)N3CCC(C)CC3)cc2)cc1. The Balaban J connectivity index is 1.68. The molecule has 7 heteroatoms. The van der Waals surface area contributed by atoms with Crippen LogP contribution in [0.15, 0.2) is 53.4 Å². The van der Waals surface area contributed by atoms with Crippen molar-refractivity contribution >= 4 is 21.8 Å². The lowest BCUT2D eigenvalue weighted by Crippen LogP contribution is -2.37. The highest BCUT2D eigenvalue weighted by atomic mass is 32.2. The van der Waals surface area contributed by atoms with Gasteiger partial charge >= 0.3 is 5.97 Å². The summed E-state index contributed by atoms with van der Waals surface area (Å²) in [6, 6.07) is 12.1. The van der Waals surface area contributed by atoms with Crippen LogP contribution in [0.3, 0.4) is 0 Å². The molecule has 29 heavy (non-hydrogen) atoms. The topological polar surface area (TPSA) is 80.8 Å². The van der Waals surface area contributed by atoms with E-state index in [1.165, 1.54) is 28.6 Å². The number of carbonyl (C=O) groups excluding carboxylic acids is 2. The van der Waals surface area contributed by atoms with Gasteiger partial charge in [-0.1, -0.05) is 13.8 Å². The van der Waals surface area contributed by atoms with Gasteiger partial charge in [-0.15, -0.1) is 0 Å². The fourth-order valence-corrected chi connectivity index (χ4v) is 4.69. The molecular formula is C22H25NO5S. The minimum absolute atomic E-state index is 0.0165. The van der Waals surface area contributed by atoms with Crippen LogP contribution < -0.4 is 4.74 Å². The van der Waals surface area contributed by atoms with Crippen LogP contribution in [0.5, 0.6) is 5.75 Å². The van der Waals surface area contributed by atoms with Gasteiger partial charge in [0.15, 0.2) is 5.78 Å². The molecular weight excluding hydrogens is 390 g/mol. The van der Waals surface area contributed by atoms with Crippen molar-refractivity contribution in [2.24, 2.45) is 5.92 Å². The van der Waals surface area contributed by atoms with Gasteiger partial charge in [-0.2, -0.15) is 4.31 Å². The number of nitrogens with zero attached hydrogens (tertiary/aromatic N) is 1. The van der Waals surface area contributed by atoms with E-state index in [-0.39, 0.29) is 16.2 Å². The number of Topliss-reactive ketones (excluding diaryl/α,β-unsaturated/α-hetero) is 1. The molecule has 0 N–H and O–H groups in total. The normalized spacial score (nSPS) is 15.8. The van der Waals surface area contributed by atoms with E-state index >= 15 is 0 Å². The van der Waals surface area contributed by atoms with E-state index in [2.05, 4.69) is 6.92 Å². The van der Waals surface area contributed by atoms with Crippen molar-refractivity contribution < 1.29 is 22.7 Å². The maximum Gasteiger partial charge on any atom is 0.343 e. The largest absolute Gasteiger partial charge is 0.423 e. The van der Waals surface area contributed by atoms with Gasteiger partial charge in [0.1, 0.15) is 5.75 Å². The van der Waals surface area contributed by atoms with Crippen molar-refractivity contribution in [3.8, 4) is 5.75 Å². The molecule has 0 bridgehead atoms. The number of sulfonamides is 1. The average Bonchev–Trinajstić information content (AvgIpc) is 2.74. The van der Waals surface area contributed by atoms with Crippen LogP contribution >= 0.6 is 0 Å². The first-order valence-corrected chi connectivity index (χ1v) is 11.2.